The van der Waals surface area contributed by atoms with Gasteiger partial charge in [0.05, 0.1) is 0 Å². The van der Waals surface area contributed by atoms with Crippen LogP contribution in [0.25, 0.3) is 0 Å². The zero-order valence-electron chi connectivity index (χ0n) is 10.7. The molecule has 1 heterocycles. The summed E-state index contributed by atoms with van der Waals surface area (Å²) in [6.07, 6.45) is 5.13. The molecular weight excluding hydrogens is 202 g/mol. The molecule has 2 amide bonds. The number of hydrogen-bond acceptors (Lipinski definition) is 2. The molecule has 0 aliphatic carbocycles. The van der Waals surface area contributed by atoms with Gasteiger partial charge in [0.1, 0.15) is 0 Å². The Morgan fingerprint density at radius 3 is 2.44 bits per heavy atom. The number of nitrogens with zero attached hydrogens (tertiary/aromatic N) is 1. The summed E-state index contributed by atoms with van der Waals surface area (Å²) in [4.78, 5) is 25.3. The van der Waals surface area contributed by atoms with E-state index in [0.717, 1.165) is 25.7 Å². The van der Waals surface area contributed by atoms with Gasteiger partial charge in [-0.25, -0.2) is 0 Å². The first kappa shape index (κ1) is 13.2. The van der Waals surface area contributed by atoms with Crippen LogP contribution < -0.4 is 0 Å². The Morgan fingerprint density at radius 1 is 1.19 bits per heavy atom. The number of hydrogen-bond donors (Lipinski definition) is 0. The summed E-state index contributed by atoms with van der Waals surface area (Å²) < 4.78 is 0. The molecule has 1 saturated heterocycles. The van der Waals surface area contributed by atoms with Crippen molar-refractivity contribution >= 4 is 11.8 Å². The molecule has 1 aliphatic rings. The van der Waals surface area contributed by atoms with Crippen molar-refractivity contribution in [2.45, 2.75) is 59.3 Å². The summed E-state index contributed by atoms with van der Waals surface area (Å²) in [6.45, 7) is 6.70. The van der Waals surface area contributed by atoms with E-state index in [4.69, 9.17) is 0 Å². The van der Waals surface area contributed by atoms with Crippen LogP contribution in [0.1, 0.15) is 59.3 Å². The van der Waals surface area contributed by atoms with Gasteiger partial charge in [-0.05, 0) is 18.3 Å². The van der Waals surface area contributed by atoms with Crippen LogP contribution in [0.3, 0.4) is 0 Å². The van der Waals surface area contributed by atoms with E-state index in [1.807, 2.05) is 20.8 Å². The highest BCUT2D eigenvalue weighted by Gasteiger charge is 2.25. The quantitative estimate of drug-likeness (QED) is 0.688. The van der Waals surface area contributed by atoms with Crippen LogP contribution >= 0.6 is 0 Å². The predicted octanol–water partition coefficient (Wildman–Crippen LogP) is 2.74. The van der Waals surface area contributed by atoms with Crippen LogP contribution in [0.2, 0.25) is 0 Å². The van der Waals surface area contributed by atoms with Crippen LogP contribution in [0.5, 0.6) is 0 Å². The van der Waals surface area contributed by atoms with Crippen LogP contribution in [0.15, 0.2) is 0 Å². The molecule has 1 rings (SSSR count). The molecule has 0 aromatic carbocycles. The first-order chi connectivity index (χ1) is 7.40. The molecule has 0 spiro atoms. The van der Waals surface area contributed by atoms with Crippen molar-refractivity contribution in [3.05, 3.63) is 0 Å². The smallest absolute Gasteiger partial charge is 0.229 e. The molecule has 0 N–H and O–H groups in total. The number of rotatable bonds is 1. The molecule has 0 saturated carbocycles. The van der Waals surface area contributed by atoms with Gasteiger partial charge in [0.2, 0.25) is 11.8 Å². The van der Waals surface area contributed by atoms with Crippen molar-refractivity contribution in [3.8, 4) is 0 Å². The molecule has 16 heavy (non-hydrogen) atoms. The number of carbonyl (C=O) groups is 2. The summed E-state index contributed by atoms with van der Waals surface area (Å²) in [5.41, 5.74) is -0.0419. The zero-order valence-corrected chi connectivity index (χ0v) is 10.7. The average Bonchev–Trinajstić information content (AvgIpc) is 2.08. The predicted molar refractivity (Wildman–Crippen MR) is 63.9 cm³/mol. The Bertz CT molecular complexity index is 266. The van der Waals surface area contributed by atoms with Gasteiger partial charge in [0.25, 0.3) is 0 Å². The third-order valence-electron chi connectivity index (χ3n) is 2.81. The summed E-state index contributed by atoms with van der Waals surface area (Å²) in [7, 11) is 0. The molecule has 0 radical (unpaired) electrons. The lowest BCUT2D eigenvalue weighted by Crippen LogP contribution is -2.39. The largest absolute Gasteiger partial charge is 0.283 e. The summed E-state index contributed by atoms with van der Waals surface area (Å²) >= 11 is 0. The second-order valence-electron chi connectivity index (χ2n) is 5.84. The molecule has 1 fully saturated rings. The van der Waals surface area contributed by atoms with E-state index in [-0.39, 0.29) is 17.2 Å². The highest BCUT2D eigenvalue weighted by Crippen LogP contribution is 2.21. The maximum absolute atomic E-state index is 12.0. The van der Waals surface area contributed by atoms with E-state index in [0.29, 0.717) is 19.4 Å². The number of imide groups is 1. The van der Waals surface area contributed by atoms with Crippen molar-refractivity contribution in [1.29, 1.82) is 0 Å². The first-order valence-corrected chi connectivity index (χ1v) is 6.23. The monoisotopic (exact) mass is 225 g/mol. The SMILES string of the molecule is CC(C)(C)CC(=O)N1CCCCCCC1=O. The van der Waals surface area contributed by atoms with Crippen molar-refractivity contribution in [3.63, 3.8) is 0 Å². The Hall–Kier alpha value is -0.860. The second kappa shape index (κ2) is 5.46. The third-order valence-corrected chi connectivity index (χ3v) is 2.81. The normalized spacial score (nSPS) is 19.2. The highest BCUT2D eigenvalue weighted by molar-refractivity contribution is 5.95. The van der Waals surface area contributed by atoms with Crippen molar-refractivity contribution < 1.29 is 9.59 Å². The molecule has 3 heteroatoms. The summed E-state index contributed by atoms with van der Waals surface area (Å²) in [6, 6.07) is 0. The van der Waals surface area contributed by atoms with Crippen molar-refractivity contribution in [2.75, 3.05) is 6.54 Å². The van der Waals surface area contributed by atoms with E-state index in [2.05, 4.69) is 0 Å². The molecule has 0 aromatic heterocycles. The fourth-order valence-corrected chi connectivity index (χ4v) is 1.97. The van der Waals surface area contributed by atoms with Gasteiger partial charge in [-0.3, -0.25) is 14.5 Å². The van der Waals surface area contributed by atoms with E-state index >= 15 is 0 Å². The van der Waals surface area contributed by atoms with Gasteiger partial charge in [0, 0.05) is 19.4 Å². The lowest BCUT2D eigenvalue weighted by molar-refractivity contribution is -0.146. The summed E-state index contributed by atoms with van der Waals surface area (Å²) in [5.74, 6) is 0.0216. The number of likely N-dealkylation sites (tertiary alicyclic amines) is 1. The van der Waals surface area contributed by atoms with Gasteiger partial charge in [-0.2, -0.15) is 0 Å². The Morgan fingerprint density at radius 2 is 1.81 bits per heavy atom. The van der Waals surface area contributed by atoms with Gasteiger partial charge in [0.15, 0.2) is 0 Å². The van der Waals surface area contributed by atoms with Crippen LogP contribution in [-0.2, 0) is 9.59 Å². The van der Waals surface area contributed by atoms with E-state index in [1.54, 1.807) is 0 Å². The van der Waals surface area contributed by atoms with Crippen LogP contribution in [0, 0.1) is 5.41 Å². The fourth-order valence-electron chi connectivity index (χ4n) is 1.97. The molecule has 0 unspecified atom stereocenters. The third kappa shape index (κ3) is 4.33. The van der Waals surface area contributed by atoms with Gasteiger partial charge in [-0.15, -0.1) is 0 Å². The topological polar surface area (TPSA) is 37.4 Å². The second-order valence-corrected chi connectivity index (χ2v) is 5.84. The Kier molecular flexibility index (Phi) is 4.51. The summed E-state index contributed by atoms with van der Waals surface area (Å²) in [5, 5.41) is 0. The lowest BCUT2D eigenvalue weighted by atomic mass is 9.91. The van der Waals surface area contributed by atoms with Crippen molar-refractivity contribution in [2.24, 2.45) is 5.41 Å². The van der Waals surface area contributed by atoms with Gasteiger partial charge >= 0.3 is 0 Å². The number of amides is 2. The minimum absolute atomic E-state index is 0.000556. The molecule has 3 nitrogen and oxygen atoms in total. The molecular formula is C13H23NO2. The minimum Gasteiger partial charge on any atom is -0.283 e. The van der Waals surface area contributed by atoms with E-state index in [1.165, 1.54) is 4.90 Å². The Labute approximate surface area is 98.2 Å². The van der Waals surface area contributed by atoms with E-state index < -0.39 is 0 Å². The molecule has 92 valence electrons. The molecule has 0 bridgehead atoms. The Balaban J connectivity index is 2.60. The van der Waals surface area contributed by atoms with Crippen LogP contribution in [0.4, 0.5) is 0 Å². The zero-order chi connectivity index (χ0) is 12.2. The minimum atomic E-state index is -0.0419. The number of carbonyl (C=O) groups excluding carboxylic acids is 2. The van der Waals surface area contributed by atoms with E-state index in [9.17, 15) is 9.59 Å². The van der Waals surface area contributed by atoms with Crippen molar-refractivity contribution in [1.82, 2.24) is 4.90 Å². The fraction of sp³-hybridized carbons (Fsp3) is 0.846. The highest BCUT2D eigenvalue weighted by atomic mass is 16.2. The lowest BCUT2D eigenvalue weighted by Gasteiger charge is -2.26. The van der Waals surface area contributed by atoms with Gasteiger partial charge < -0.3 is 0 Å². The maximum atomic E-state index is 12.0. The van der Waals surface area contributed by atoms with Crippen LogP contribution in [-0.4, -0.2) is 23.3 Å². The standard InChI is InChI=1S/C13H23NO2/c1-13(2,3)10-12(16)14-9-7-5-4-6-8-11(14)15/h4-10H2,1-3H3. The van der Waals surface area contributed by atoms with Gasteiger partial charge in [-0.1, -0.05) is 33.6 Å². The molecule has 0 aromatic rings. The molecule has 1 aliphatic heterocycles. The molecule has 0 atom stereocenters. The first-order valence-electron chi connectivity index (χ1n) is 6.23. The maximum Gasteiger partial charge on any atom is 0.229 e. The average molecular weight is 225 g/mol.